The molecule has 0 unspecified atom stereocenters. The molecule has 0 radical (unpaired) electrons. The summed E-state index contributed by atoms with van der Waals surface area (Å²) in [4.78, 5) is 53.7. The van der Waals surface area contributed by atoms with Gasteiger partial charge in [-0.05, 0) is 238 Å². The number of hydrogen-bond acceptors (Lipinski definition) is 17. The fourth-order valence-electron chi connectivity index (χ4n) is 18.5. The molecule has 6 aliphatic rings. The molecule has 12 aromatic heterocycles. The van der Waals surface area contributed by atoms with E-state index >= 15 is 0 Å². The van der Waals surface area contributed by atoms with Gasteiger partial charge in [0.05, 0.1) is 39.7 Å². The third-order valence-electron chi connectivity index (χ3n) is 24.6. The Morgan fingerprint density at radius 1 is 0.301 bits per heavy atom. The van der Waals surface area contributed by atoms with Crippen LogP contribution in [0.15, 0.2) is 73.6 Å². The molecule has 0 atom stereocenters. The first kappa shape index (κ1) is 81.7. The van der Waals surface area contributed by atoms with Crippen molar-refractivity contribution in [1.29, 1.82) is 0 Å². The van der Waals surface area contributed by atoms with Crippen LogP contribution >= 0.6 is 0 Å². The van der Waals surface area contributed by atoms with Gasteiger partial charge in [0.2, 0.25) is 23.8 Å². The molecule has 23 heteroatoms. The van der Waals surface area contributed by atoms with Gasteiger partial charge in [0, 0.05) is 97.6 Å². The van der Waals surface area contributed by atoms with E-state index in [-0.39, 0.29) is 0 Å². The summed E-state index contributed by atoms with van der Waals surface area (Å²) in [7, 11) is 5.81. The maximum absolute atomic E-state index is 6.03. The zero-order valence-corrected chi connectivity index (χ0v) is 70.1. The number of aryl methyl sites for hydroxylation is 7. The van der Waals surface area contributed by atoms with E-state index in [1.807, 2.05) is 65.2 Å². The number of fused-ring (bicyclic) bond motifs is 6. The van der Waals surface area contributed by atoms with E-state index in [2.05, 4.69) is 188 Å². The number of imidazole rings is 6. The van der Waals surface area contributed by atoms with Crippen LogP contribution in [0.2, 0.25) is 0 Å². The minimum atomic E-state index is 0.605. The molecule has 18 rings (SSSR count). The SMILES string of the molecule is CCOc1nc2ncc(C)cc2n1CC1CCCCC1.CNc1nc2ncc(C)cc2n1CC1CCCCC1.CNc1nc2ncc(C)cc2n1CC1CCCCC1.CNc1nc2ncc(C)cc2n1CC1CCCCC1.Cc1cnc2nc(C)n(CC3CCCCC3)c2c1.Cc1cnc2nc(N)n(CC3CCCCC3)c2c1. The van der Waals surface area contributed by atoms with Crippen LogP contribution in [0.1, 0.15) is 239 Å². The Balaban J connectivity index is 0.000000119. The summed E-state index contributed by atoms with van der Waals surface area (Å²) in [5.74, 6) is 9.24. The maximum atomic E-state index is 6.03. The molecule has 12 heterocycles. The fourth-order valence-corrected chi connectivity index (χ4v) is 18.5. The van der Waals surface area contributed by atoms with E-state index in [9.17, 15) is 0 Å². The van der Waals surface area contributed by atoms with Gasteiger partial charge in [-0.1, -0.05) is 116 Å². The van der Waals surface area contributed by atoms with Crippen molar-refractivity contribution in [2.24, 2.45) is 35.5 Å². The Morgan fingerprint density at radius 3 is 0.823 bits per heavy atom. The van der Waals surface area contributed by atoms with Crippen molar-refractivity contribution in [3.8, 4) is 6.01 Å². The van der Waals surface area contributed by atoms with Crippen molar-refractivity contribution in [3.05, 3.63) is 113 Å². The molecule has 0 aliphatic heterocycles. The quantitative estimate of drug-likeness (QED) is 0.0661. The van der Waals surface area contributed by atoms with Crippen LogP contribution in [0.3, 0.4) is 0 Å². The molecule has 0 aromatic carbocycles. The maximum Gasteiger partial charge on any atom is 0.298 e. The summed E-state index contributed by atoms with van der Waals surface area (Å²) < 4.78 is 19.4. The Hall–Kier alpha value is -9.28. The van der Waals surface area contributed by atoms with Crippen LogP contribution in [0.5, 0.6) is 6.01 Å². The average Bonchev–Trinajstić information content (AvgIpc) is 1.62. The number of nitrogens with one attached hydrogen (secondary N) is 3. The summed E-state index contributed by atoms with van der Waals surface area (Å²) in [5, 5.41) is 9.62. The Bertz CT molecular complexity index is 4650. The number of pyridine rings is 6. The molecular weight excluding hydrogens is 1410 g/mol. The van der Waals surface area contributed by atoms with Crippen LogP contribution in [0, 0.1) is 84.0 Å². The number of nitrogens with two attached hydrogens (primary N) is 1. The molecule has 0 bridgehead atoms. The van der Waals surface area contributed by atoms with Gasteiger partial charge in [0.15, 0.2) is 33.9 Å². The van der Waals surface area contributed by atoms with E-state index < -0.39 is 0 Å². The van der Waals surface area contributed by atoms with Crippen LogP contribution in [0.25, 0.3) is 67.0 Å². The van der Waals surface area contributed by atoms with Crippen LogP contribution in [0.4, 0.5) is 23.8 Å². The van der Waals surface area contributed by atoms with Crippen molar-refractivity contribution in [2.45, 2.75) is 287 Å². The molecule has 23 nitrogen and oxygen atoms in total. The number of aromatic nitrogens is 18. The third kappa shape index (κ3) is 21.2. The monoisotopic (exact) mass is 1540 g/mol. The summed E-state index contributed by atoms with van der Waals surface area (Å²) in [5.41, 5.74) is 25.1. The minimum absolute atomic E-state index is 0.605. The predicted molar refractivity (Wildman–Crippen MR) is 462 cm³/mol. The molecule has 606 valence electrons. The minimum Gasteiger partial charge on any atom is -0.465 e. The molecule has 6 aliphatic carbocycles. The van der Waals surface area contributed by atoms with Crippen LogP contribution < -0.4 is 26.4 Å². The van der Waals surface area contributed by atoms with E-state index in [0.717, 1.165) is 171 Å². The second kappa shape index (κ2) is 39.7. The van der Waals surface area contributed by atoms with Crippen LogP contribution in [-0.2, 0) is 39.3 Å². The molecule has 0 saturated heterocycles. The normalized spacial score (nSPS) is 17.1. The van der Waals surface area contributed by atoms with Gasteiger partial charge in [-0.2, -0.15) is 24.9 Å². The number of nitrogen functional groups attached to an aromatic ring is 1. The molecule has 6 saturated carbocycles. The van der Waals surface area contributed by atoms with Gasteiger partial charge in [-0.25, -0.2) is 34.9 Å². The van der Waals surface area contributed by atoms with E-state index in [0.29, 0.717) is 12.6 Å². The second-order valence-electron chi connectivity index (χ2n) is 33.8. The van der Waals surface area contributed by atoms with Gasteiger partial charge < -0.3 is 49.3 Å². The zero-order valence-electron chi connectivity index (χ0n) is 70.1. The number of hydrogen-bond donors (Lipinski definition) is 4. The molecule has 5 N–H and O–H groups in total. The second-order valence-corrected chi connectivity index (χ2v) is 33.8. The fraction of sp³-hybridized carbons (Fsp3) is 0.600. The van der Waals surface area contributed by atoms with Crippen molar-refractivity contribution in [3.63, 3.8) is 0 Å². The molecule has 0 amide bonds. The topological polar surface area (TPSA) is 256 Å². The first-order valence-electron chi connectivity index (χ1n) is 43.4. The van der Waals surface area contributed by atoms with Gasteiger partial charge in [-0.15, -0.1) is 0 Å². The largest absolute Gasteiger partial charge is 0.465 e. The Labute approximate surface area is 670 Å². The highest BCUT2D eigenvalue weighted by atomic mass is 16.5. The molecule has 113 heavy (non-hydrogen) atoms. The predicted octanol–water partition coefficient (Wildman–Crippen LogP) is 20.3. The van der Waals surface area contributed by atoms with Gasteiger partial charge in [0.25, 0.3) is 6.01 Å². The van der Waals surface area contributed by atoms with Gasteiger partial charge >= 0.3 is 0 Å². The number of rotatable bonds is 17. The lowest BCUT2D eigenvalue weighted by atomic mass is 9.89. The zero-order chi connectivity index (χ0) is 78.7. The first-order valence-corrected chi connectivity index (χ1v) is 43.4. The van der Waals surface area contributed by atoms with Gasteiger partial charge in [0.1, 0.15) is 5.82 Å². The first-order chi connectivity index (χ1) is 55.1. The number of ether oxygens (including phenoxy) is 1. The standard InChI is InChI=1S/C16H23N3O.3C15H22N4.C15H21N3.C14H20N4/c1-3-20-16-18-15-14(9-12(2)10-17-15)19(16)11-13-7-5-4-6-8-13;3*1-11-8-13-14(17-9-11)18-15(16-2)19(13)10-12-6-4-3-5-7-12;1-11-8-14-15(16-9-11)17-12(2)18(14)10-13-6-4-3-5-7-13;1-10-7-12-13(16-8-10)17-14(15)18(12)9-11-5-3-2-4-6-11/h9-10,13H,3-8,11H2,1-2H3;3*8-9,12H,3-7,10H2,1-2H3,(H,16,17,18);8-9,13H,3-7,10H2,1-2H3;7-8,11H,2-6,9H2,1H3,(H2,15,16,17). The molecule has 0 spiro atoms. The van der Waals surface area contributed by atoms with Crippen molar-refractivity contribution < 1.29 is 4.74 Å². The Morgan fingerprint density at radius 2 is 0.531 bits per heavy atom. The summed E-state index contributed by atoms with van der Waals surface area (Å²) in [6.07, 6.45) is 52.3. The van der Waals surface area contributed by atoms with E-state index in [4.69, 9.17) is 10.5 Å². The van der Waals surface area contributed by atoms with Crippen molar-refractivity contribution in [2.75, 3.05) is 49.4 Å². The third-order valence-corrected chi connectivity index (χ3v) is 24.6. The lowest BCUT2D eigenvalue weighted by Crippen LogP contribution is -2.15. The number of anilines is 4. The summed E-state index contributed by atoms with van der Waals surface area (Å²) in [6, 6.07) is 13.8. The molecular formula is C90H130N22O. The Kier molecular flexibility index (Phi) is 28.7. The van der Waals surface area contributed by atoms with Gasteiger partial charge in [-0.3, -0.25) is 4.57 Å². The van der Waals surface area contributed by atoms with Crippen molar-refractivity contribution >= 4 is 90.8 Å². The van der Waals surface area contributed by atoms with Crippen molar-refractivity contribution in [1.82, 2.24) is 87.2 Å². The highest BCUT2D eigenvalue weighted by Crippen LogP contribution is 2.36. The van der Waals surface area contributed by atoms with E-state index in [1.165, 1.54) is 226 Å². The molecule has 6 fully saturated rings. The lowest BCUT2D eigenvalue weighted by molar-refractivity contribution is 0.269. The number of nitrogens with zero attached hydrogens (tertiary/aromatic N) is 18. The molecule has 12 aromatic rings. The lowest BCUT2D eigenvalue weighted by Gasteiger charge is -2.23. The van der Waals surface area contributed by atoms with Crippen LogP contribution in [-0.4, -0.2) is 115 Å². The van der Waals surface area contributed by atoms with E-state index in [1.54, 1.807) is 0 Å². The summed E-state index contributed by atoms with van der Waals surface area (Å²) >= 11 is 0. The smallest absolute Gasteiger partial charge is 0.298 e. The average molecular weight is 1540 g/mol. The highest BCUT2D eigenvalue weighted by molar-refractivity contribution is 5.78. The summed E-state index contributed by atoms with van der Waals surface area (Å²) in [6.45, 7) is 23.6. The highest BCUT2D eigenvalue weighted by Gasteiger charge is 2.26.